The van der Waals surface area contributed by atoms with E-state index in [1.807, 2.05) is 0 Å². The maximum Gasteiger partial charge on any atom is 0.237 e. The highest BCUT2D eigenvalue weighted by molar-refractivity contribution is 6.83. The highest BCUT2D eigenvalue weighted by Crippen LogP contribution is 2.12. The zero-order chi connectivity index (χ0) is 16.7. The quantitative estimate of drug-likeness (QED) is 0.424. The molecule has 0 aromatic rings. The van der Waals surface area contributed by atoms with Crippen molar-refractivity contribution in [2.75, 3.05) is 0 Å². The van der Waals surface area contributed by atoms with Gasteiger partial charge in [0.1, 0.15) is 0 Å². The van der Waals surface area contributed by atoms with E-state index in [0.717, 1.165) is 0 Å². The van der Waals surface area contributed by atoms with E-state index in [1.165, 1.54) is 0 Å². The van der Waals surface area contributed by atoms with Crippen LogP contribution >= 0.6 is 0 Å². The molecule has 0 heterocycles. The minimum atomic E-state index is -2.11. The molecule has 0 atom stereocenters. The van der Waals surface area contributed by atoms with Crippen LogP contribution in [0.4, 0.5) is 8.22 Å². The lowest BCUT2D eigenvalue weighted by Crippen LogP contribution is -2.39. The van der Waals surface area contributed by atoms with Gasteiger partial charge in [0.15, 0.2) is 16.6 Å². The second-order valence-electron chi connectivity index (χ2n) is 8.46. The van der Waals surface area contributed by atoms with E-state index in [9.17, 15) is 8.22 Å². The smallest absolute Gasteiger partial charge is 0.237 e. The van der Waals surface area contributed by atoms with Crippen LogP contribution in [0, 0.1) is 0 Å². The molecular weight excluding hydrogens is 310 g/mol. The van der Waals surface area contributed by atoms with Crippen molar-refractivity contribution >= 4 is 33.5 Å². The van der Waals surface area contributed by atoms with Crippen molar-refractivity contribution in [3.63, 3.8) is 0 Å². The minimum Gasteiger partial charge on any atom is -0.456 e. The zero-order valence-corrected chi connectivity index (χ0v) is 19.2. The van der Waals surface area contributed by atoms with E-state index in [1.54, 1.807) is 39.3 Å². The Labute approximate surface area is 124 Å². The molecule has 19 heavy (non-hydrogen) atoms. The van der Waals surface area contributed by atoms with Gasteiger partial charge in [-0.05, 0) is 78.6 Å². The first-order chi connectivity index (χ1) is 7.71. The Morgan fingerprint density at radius 1 is 0.474 bits per heavy atom. The van der Waals surface area contributed by atoms with Crippen LogP contribution in [-0.2, 0) is 4.12 Å². The molecule has 0 N–H and O–H groups in total. The number of rotatable bonds is 2. The average molecular weight is 347 g/mol. The lowest BCUT2D eigenvalue weighted by molar-refractivity contribution is 0.559. The fourth-order valence-corrected chi connectivity index (χ4v) is 8.27. The zero-order valence-electron chi connectivity index (χ0n) is 15.2. The molecule has 0 radical (unpaired) electrons. The van der Waals surface area contributed by atoms with Gasteiger partial charge in [0.25, 0.3) is 0 Å². The van der Waals surface area contributed by atoms with E-state index in [2.05, 4.69) is 39.3 Å². The van der Waals surface area contributed by atoms with Crippen molar-refractivity contribution in [1.29, 1.82) is 0 Å². The molecule has 0 aliphatic carbocycles. The number of hydrogen-bond donors (Lipinski definition) is 0. The monoisotopic (exact) mass is 346 g/mol. The van der Waals surface area contributed by atoms with Crippen LogP contribution in [0.25, 0.3) is 0 Å². The largest absolute Gasteiger partial charge is 0.456 e. The fraction of sp³-hybridized carbons (Fsp3) is 1.00. The first-order valence-electron chi connectivity index (χ1n) is 6.79. The van der Waals surface area contributed by atoms with E-state index in [4.69, 9.17) is 4.12 Å². The van der Waals surface area contributed by atoms with E-state index < -0.39 is 33.5 Å². The van der Waals surface area contributed by atoms with Crippen LogP contribution in [0.5, 0.6) is 0 Å². The molecule has 7 heteroatoms. The molecule has 0 rings (SSSR count). The molecule has 0 bridgehead atoms. The van der Waals surface area contributed by atoms with Crippen LogP contribution in [0.15, 0.2) is 0 Å². The lowest BCUT2D eigenvalue weighted by atomic mass is 11.8. The lowest BCUT2D eigenvalue weighted by Gasteiger charge is -2.27. The second-order valence-corrected chi connectivity index (χ2v) is 26.0. The Morgan fingerprint density at radius 2 is 0.579 bits per heavy atom. The summed E-state index contributed by atoms with van der Waals surface area (Å²) >= 11 is 0. The topological polar surface area (TPSA) is 9.23 Å². The first kappa shape index (κ1) is 24.7. The van der Waals surface area contributed by atoms with Crippen molar-refractivity contribution in [3.05, 3.63) is 0 Å². The van der Waals surface area contributed by atoms with Gasteiger partial charge in [0.2, 0.25) is 16.8 Å². The summed E-state index contributed by atoms with van der Waals surface area (Å²) in [5.41, 5.74) is 0. The third kappa shape index (κ3) is 116. The van der Waals surface area contributed by atoms with Crippen LogP contribution in [-0.4, -0.2) is 33.5 Å². The summed E-state index contributed by atoms with van der Waals surface area (Å²) in [6.45, 7) is 23.4. The Balaban J connectivity index is -0.000000219. The summed E-state index contributed by atoms with van der Waals surface area (Å²) in [5, 5.41) is 0. The molecule has 0 aliphatic heterocycles. The predicted octanol–water partition coefficient (Wildman–Crippen LogP) is 6.25. The van der Waals surface area contributed by atoms with Gasteiger partial charge in [0, 0.05) is 0 Å². The standard InChI is InChI=1S/C6H18OSi2.2C3H9FSi/c1-8(2,3)7-9(4,5)6;2*1-5(2,3)4/h1-6H3;2*1-3H3. The Morgan fingerprint density at radius 3 is 0.579 bits per heavy atom. The van der Waals surface area contributed by atoms with Crippen molar-refractivity contribution in [1.82, 2.24) is 0 Å². The van der Waals surface area contributed by atoms with Gasteiger partial charge >= 0.3 is 0 Å². The van der Waals surface area contributed by atoms with E-state index in [-0.39, 0.29) is 0 Å². The van der Waals surface area contributed by atoms with Crippen molar-refractivity contribution in [2.24, 2.45) is 0 Å². The number of hydrogen-bond acceptors (Lipinski definition) is 1. The van der Waals surface area contributed by atoms with Crippen LogP contribution < -0.4 is 0 Å². The van der Waals surface area contributed by atoms with Gasteiger partial charge < -0.3 is 12.3 Å². The van der Waals surface area contributed by atoms with Crippen molar-refractivity contribution < 1.29 is 12.3 Å². The van der Waals surface area contributed by atoms with Gasteiger partial charge in [-0.25, -0.2) is 0 Å². The Kier molecular flexibility index (Phi) is 11.5. The van der Waals surface area contributed by atoms with Gasteiger partial charge in [0.05, 0.1) is 0 Å². The Bertz CT molecular complexity index is 186. The van der Waals surface area contributed by atoms with E-state index >= 15 is 0 Å². The summed E-state index contributed by atoms with van der Waals surface area (Å²) in [5.74, 6) is 0. The van der Waals surface area contributed by atoms with Crippen LogP contribution in [0.1, 0.15) is 0 Å². The van der Waals surface area contributed by atoms with Gasteiger partial charge in [-0.3, -0.25) is 0 Å². The van der Waals surface area contributed by atoms with Crippen LogP contribution in [0.3, 0.4) is 0 Å². The highest BCUT2D eigenvalue weighted by Gasteiger charge is 2.24. The average Bonchev–Trinajstić information content (AvgIpc) is 1.63. The normalized spacial score (nSPS) is 12.9. The SMILES string of the molecule is C[Si](C)(C)F.C[Si](C)(C)F.C[Si](C)(C)O[Si](C)(C)C. The highest BCUT2D eigenvalue weighted by atomic mass is 28.4. The molecule has 0 saturated heterocycles. The summed E-state index contributed by atoms with van der Waals surface area (Å²) in [6, 6.07) is 0. The molecule has 0 aliphatic rings. The maximum absolute atomic E-state index is 11.8. The summed E-state index contributed by atoms with van der Waals surface area (Å²) < 4.78 is 29.6. The first-order valence-corrected chi connectivity index (χ1v) is 20.4. The molecule has 0 aromatic carbocycles. The van der Waals surface area contributed by atoms with Crippen LogP contribution in [0.2, 0.25) is 78.6 Å². The third-order valence-corrected chi connectivity index (χ3v) is 5.51. The molecule has 0 unspecified atom stereocenters. The van der Waals surface area contributed by atoms with E-state index in [0.29, 0.717) is 0 Å². The molecule has 0 fully saturated rings. The van der Waals surface area contributed by atoms with Crippen molar-refractivity contribution in [3.8, 4) is 0 Å². The van der Waals surface area contributed by atoms with Gasteiger partial charge in [-0.2, -0.15) is 0 Å². The molecule has 120 valence electrons. The molecule has 0 amide bonds. The molecule has 0 spiro atoms. The third-order valence-electron chi connectivity index (χ3n) is 0.612. The van der Waals surface area contributed by atoms with Gasteiger partial charge in [-0.15, -0.1) is 0 Å². The predicted molar refractivity (Wildman–Crippen MR) is 96.7 cm³/mol. The summed E-state index contributed by atoms with van der Waals surface area (Å²) in [6.07, 6.45) is 0. The molecule has 0 aromatic heterocycles. The summed E-state index contributed by atoms with van der Waals surface area (Å²) in [4.78, 5) is 0. The second kappa shape index (κ2) is 8.86. The molecule has 0 saturated carbocycles. The van der Waals surface area contributed by atoms with Crippen molar-refractivity contribution in [2.45, 2.75) is 78.6 Å². The maximum atomic E-state index is 11.8. The number of halogens is 2. The molecule has 1 nitrogen and oxygen atoms in total. The Hall–Kier alpha value is 0.688. The molecular formula is C12H36F2OSi4. The fourth-order valence-electron chi connectivity index (χ4n) is 0.919. The minimum absolute atomic E-state index is 1.23. The summed E-state index contributed by atoms with van der Waals surface area (Å²) in [7, 11) is -6.68. The van der Waals surface area contributed by atoms with Gasteiger partial charge in [-0.1, -0.05) is 0 Å².